The summed E-state index contributed by atoms with van der Waals surface area (Å²) in [7, 11) is -3.73. The summed E-state index contributed by atoms with van der Waals surface area (Å²) in [6.45, 7) is 2.76. The van der Waals surface area contributed by atoms with Gasteiger partial charge in [0.15, 0.2) is 0 Å². The van der Waals surface area contributed by atoms with Crippen LogP contribution in [0.4, 0.5) is 5.69 Å². The molecule has 2 aromatic rings. The van der Waals surface area contributed by atoms with Gasteiger partial charge < -0.3 is 5.32 Å². The molecule has 0 saturated heterocycles. The fourth-order valence-corrected chi connectivity index (χ4v) is 4.47. The van der Waals surface area contributed by atoms with Crippen LogP contribution in [-0.2, 0) is 27.7 Å². The van der Waals surface area contributed by atoms with E-state index in [1.165, 1.54) is 17.7 Å². The first kappa shape index (κ1) is 22.0. The summed E-state index contributed by atoms with van der Waals surface area (Å²) in [4.78, 5) is 16.8. The smallest absolute Gasteiger partial charge is 0.262 e. The molecule has 6 nitrogen and oxygen atoms in total. The first-order valence-electron chi connectivity index (χ1n) is 10.5. The van der Waals surface area contributed by atoms with Gasteiger partial charge >= 0.3 is 0 Å². The Morgan fingerprint density at radius 1 is 1.03 bits per heavy atom. The molecule has 1 aliphatic rings. The number of nitrogens with zero attached hydrogens (tertiary/aromatic N) is 1. The maximum atomic E-state index is 12.7. The second-order valence-electron chi connectivity index (χ2n) is 7.49. The lowest BCUT2D eigenvalue weighted by atomic mass is 10.1. The van der Waals surface area contributed by atoms with Crippen LogP contribution >= 0.6 is 0 Å². The quantitative estimate of drug-likeness (QED) is 0.698. The van der Waals surface area contributed by atoms with E-state index in [0.717, 1.165) is 31.2 Å². The summed E-state index contributed by atoms with van der Waals surface area (Å²) in [5.74, 6) is 0.362. The lowest BCUT2D eigenvalue weighted by molar-refractivity contribution is -0.116. The Labute approximate surface area is 178 Å². The third kappa shape index (κ3) is 6.42. The Kier molecular flexibility index (Phi) is 7.63. The van der Waals surface area contributed by atoms with Crippen molar-refractivity contribution in [2.75, 3.05) is 11.9 Å². The number of amides is 1. The van der Waals surface area contributed by atoms with E-state index in [1.54, 1.807) is 12.1 Å². The van der Waals surface area contributed by atoms with Crippen LogP contribution < -0.4 is 10.0 Å². The number of sulfonamides is 1. The van der Waals surface area contributed by atoms with Crippen LogP contribution in [0.2, 0.25) is 0 Å². The van der Waals surface area contributed by atoms with Crippen LogP contribution in [0.25, 0.3) is 0 Å². The summed E-state index contributed by atoms with van der Waals surface area (Å²) >= 11 is 0. The highest BCUT2D eigenvalue weighted by atomic mass is 32.2. The molecule has 160 valence electrons. The number of anilines is 1. The van der Waals surface area contributed by atoms with E-state index in [4.69, 9.17) is 0 Å². The third-order valence-corrected chi connectivity index (χ3v) is 6.51. The van der Waals surface area contributed by atoms with Crippen molar-refractivity contribution >= 4 is 27.5 Å². The van der Waals surface area contributed by atoms with Gasteiger partial charge in [-0.15, -0.1) is 0 Å². The summed E-state index contributed by atoms with van der Waals surface area (Å²) in [6, 6.07) is 14.6. The predicted octanol–water partition coefficient (Wildman–Crippen LogP) is 4.07. The number of aryl methyl sites for hydroxylation is 2. The molecule has 1 amide bonds. The highest BCUT2D eigenvalue weighted by Gasteiger charge is 2.18. The number of carbonyl (C=O) groups excluding carboxylic acids is 1. The third-order valence-electron chi connectivity index (χ3n) is 5.13. The largest absolute Gasteiger partial charge is 0.326 e. The Hall–Kier alpha value is -2.67. The van der Waals surface area contributed by atoms with Gasteiger partial charge in [-0.1, -0.05) is 43.7 Å². The predicted molar refractivity (Wildman–Crippen MR) is 120 cm³/mol. The minimum absolute atomic E-state index is 0.113. The van der Waals surface area contributed by atoms with Crippen molar-refractivity contribution in [1.82, 2.24) is 4.72 Å². The van der Waals surface area contributed by atoms with Crippen LogP contribution in [0, 0.1) is 0 Å². The maximum absolute atomic E-state index is 12.7. The van der Waals surface area contributed by atoms with Crippen LogP contribution in [0.3, 0.4) is 0 Å². The van der Waals surface area contributed by atoms with Crippen LogP contribution in [0.5, 0.6) is 0 Å². The summed E-state index contributed by atoms with van der Waals surface area (Å²) < 4.78 is 28.0. The standard InChI is InChI=1S/C23H29N3O3S/c1-2-18-10-12-19(13-11-18)14-15-23(27)25-20-7-6-8-21(17-20)30(28,29)26-22-9-4-3-5-16-24-22/h6-8,10-13,17H,2-5,9,14-16H2,1H3,(H,24,26)(H,25,27). The van der Waals surface area contributed by atoms with Crippen molar-refractivity contribution in [3.63, 3.8) is 0 Å². The van der Waals surface area contributed by atoms with Gasteiger partial charge in [0.05, 0.1) is 4.90 Å². The van der Waals surface area contributed by atoms with Gasteiger partial charge in [0.1, 0.15) is 5.84 Å². The molecule has 0 saturated carbocycles. The molecule has 0 fully saturated rings. The number of hydrogen-bond acceptors (Lipinski definition) is 4. The van der Waals surface area contributed by atoms with Gasteiger partial charge in [0.25, 0.3) is 10.0 Å². The van der Waals surface area contributed by atoms with Crippen molar-refractivity contribution < 1.29 is 13.2 Å². The first-order valence-corrected chi connectivity index (χ1v) is 12.0. The van der Waals surface area contributed by atoms with Gasteiger partial charge in [-0.25, -0.2) is 8.42 Å². The van der Waals surface area contributed by atoms with E-state index in [2.05, 4.69) is 34.1 Å². The van der Waals surface area contributed by atoms with Crippen LogP contribution in [-0.4, -0.2) is 26.7 Å². The SMILES string of the molecule is CCc1ccc(CCC(=O)Nc2cccc(S(=O)(=O)NC3=NCCCCC3)c2)cc1. The summed E-state index contributed by atoms with van der Waals surface area (Å²) in [6.07, 6.45) is 5.55. The number of benzene rings is 2. The van der Waals surface area contributed by atoms with Crippen molar-refractivity contribution in [3.8, 4) is 0 Å². The minimum Gasteiger partial charge on any atom is -0.326 e. The molecule has 2 N–H and O–H groups in total. The Bertz CT molecular complexity index is 999. The highest BCUT2D eigenvalue weighted by molar-refractivity contribution is 7.90. The molecular weight excluding hydrogens is 398 g/mol. The number of aliphatic imine (C=N–C) groups is 1. The number of carbonyl (C=O) groups is 1. The van der Waals surface area contributed by atoms with Gasteiger partial charge in [-0.05, 0) is 55.0 Å². The number of rotatable bonds is 7. The second-order valence-corrected chi connectivity index (χ2v) is 9.17. The number of amidine groups is 1. The molecule has 2 aromatic carbocycles. The zero-order valence-electron chi connectivity index (χ0n) is 17.4. The monoisotopic (exact) mass is 427 g/mol. The lowest BCUT2D eigenvalue weighted by Gasteiger charge is -2.11. The molecule has 1 heterocycles. The molecule has 0 aliphatic carbocycles. The maximum Gasteiger partial charge on any atom is 0.262 e. The molecule has 0 aromatic heterocycles. The summed E-state index contributed by atoms with van der Waals surface area (Å²) in [5, 5.41) is 2.80. The van der Waals surface area contributed by atoms with E-state index >= 15 is 0 Å². The van der Waals surface area contributed by atoms with E-state index in [0.29, 0.717) is 37.3 Å². The van der Waals surface area contributed by atoms with E-state index in [-0.39, 0.29) is 10.8 Å². The highest BCUT2D eigenvalue weighted by Crippen LogP contribution is 2.17. The van der Waals surface area contributed by atoms with E-state index in [1.807, 2.05) is 12.1 Å². The van der Waals surface area contributed by atoms with Crippen molar-refractivity contribution in [3.05, 3.63) is 59.7 Å². The molecule has 0 radical (unpaired) electrons. The summed E-state index contributed by atoms with van der Waals surface area (Å²) in [5.41, 5.74) is 2.84. The number of hydrogen-bond donors (Lipinski definition) is 2. The van der Waals surface area contributed by atoms with Crippen LogP contribution in [0.1, 0.15) is 50.2 Å². The van der Waals surface area contributed by atoms with Gasteiger partial charge in [0, 0.05) is 25.1 Å². The van der Waals surface area contributed by atoms with Crippen molar-refractivity contribution in [2.24, 2.45) is 4.99 Å². The zero-order valence-corrected chi connectivity index (χ0v) is 18.2. The molecule has 0 bridgehead atoms. The molecule has 0 atom stereocenters. The average molecular weight is 428 g/mol. The molecule has 30 heavy (non-hydrogen) atoms. The molecule has 7 heteroatoms. The molecule has 0 spiro atoms. The number of nitrogens with one attached hydrogen (secondary N) is 2. The normalized spacial score (nSPS) is 14.5. The fraction of sp³-hybridized carbons (Fsp3) is 0.391. The van der Waals surface area contributed by atoms with E-state index < -0.39 is 10.0 Å². The zero-order chi connectivity index (χ0) is 21.4. The van der Waals surface area contributed by atoms with Gasteiger partial charge in [-0.3, -0.25) is 14.5 Å². The topological polar surface area (TPSA) is 87.6 Å². The Morgan fingerprint density at radius 3 is 2.57 bits per heavy atom. The van der Waals surface area contributed by atoms with E-state index in [9.17, 15) is 13.2 Å². The molecule has 3 rings (SSSR count). The fourth-order valence-electron chi connectivity index (χ4n) is 3.34. The average Bonchev–Trinajstić information content (AvgIpc) is 3.01. The van der Waals surface area contributed by atoms with Gasteiger partial charge in [-0.2, -0.15) is 0 Å². The second kappa shape index (κ2) is 10.4. The Balaban J connectivity index is 1.59. The Morgan fingerprint density at radius 2 is 1.80 bits per heavy atom. The first-order chi connectivity index (χ1) is 14.5. The van der Waals surface area contributed by atoms with Crippen LogP contribution in [0.15, 0.2) is 58.4 Å². The molecule has 1 aliphatic heterocycles. The molecular formula is C23H29N3O3S. The lowest BCUT2D eigenvalue weighted by Crippen LogP contribution is -2.30. The molecule has 0 unspecified atom stereocenters. The minimum atomic E-state index is -3.73. The van der Waals surface area contributed by atoms with Crippen molar-refractivity contribution in [1.29, 1.82) is 0 Å². The van der Waals surface area contributed by atoms with Crippen molar-refractivity contribution in [2.45, 2.75) is 56.8 Å². The van der Waals surface area contributed by atoms with Gasteiger partial charge in [0.2, 0.25) is 5.91 Å².